The summed E-state index contributed by atoms with van der Waals surface area (Å²) >= 11 is 0. The number of guanidine groups is 1. The van der Waals surface area contributed by atoms with E-state index in [1.165, 1.54) is 18.2 Å². The van der Waals surface area contributed by atoms with Gasteiger partial charge in [0.1, 0.15) is 0 Å². The van der Waals surface area contributed by atoms with Gasteiger partial charge in [0, 0.05) is 45.1 Å². The smallest absolute Gasteiger partial charge is 0.191 e. The van der Waals surface area contributed by atoms with Gasteiger partial charge in [-0.3, -0.25) is 9.89 Å². The van der Waals surface area contributed by atoms with Crippen LogP contribution in [0, 0.1) is 0 Å². The number of aliphatic imine (C=N–C) groups is 1. The first-order valence-corrected chi connectivity index (χ1v) is 12.9. The minimum absolute atomic E-state index is 0. The zero-order valence-electron chi connectivity index (χ0n) is 18.7. The third-order valence-electron chi connectivity index (χ3n) is 6.29. The van der Waals surface area contributed by atoms with Crippen molar-refractivity contribution in [3.8, 4) is 0 Å². The number of hydrogen-bond acceptors (Lipinski definition) is 5. The highest BCUT2D eigenvalue weighted by molar-refractivity contribution is 14.0. The van der Waals surface area contributed by atoms with E-state index in [0.717, 1.165) is 32.6 Å². The van der Waals surface area contributed by atoms with Gasteiger partial charge in [0.2, 0.25) is 0 Å². The van der Waals surface area contributed by atoms with E-state index in [0.29, 0.717) is 38.1 Å². The monoisotopic (exact) mass is 564 g/mol. The van der Waals surface area contributed by atoms with Gasteiger partial charge in [-0.25, -0.2) is 8.42 Å². The third-order valence-corrected chi connectivity index (χ3v) is 8.40. The molecule has 2 fully saturated rings. The van der Waals surface area contributed by atoms with Crippen molar-refractivity contribution in [2.75, 3.05) is 45.6 Å². The molecule has 2 aliphatic heterocycles. The van der Waals surface area contributed by atoms with Crippen molar-refractivity contribution in [3.63, 3.8) is 0 Å². The molecule has 176 valence electrons. The van der Waals surface area contributed by atoms with Gasteiger partial charge in [0.15, 0.2) is 15.8 Å². The average molecular weight is 565 g/mol. The minimum Gasteiger partial charge on any atom is -0.381 e. The summed E-state index contributed by atoms with van der Waals surface area (Å²) in [6.45, 7) is 6.83. The van der Waals surface area contributed by atoms with Crippen molar-refractivity contribution in [1.82, 2.24) is 15.5 Å². The topological polar surface area (TPSA) is 83.0 Å². The Morgan fingerprint density at radius 1 is 1.23 bits per heavy atom. The molecule has 1 unspecified atom stereocenters. The van der Waals surface area contributed by atoms with Crippen LogP contribution in [0.15, 0.2) is 35.3 Å². The largest absolute Gasteiger partial charge is 0.381 e. The number of sulfone groups is 1. The van der Waals surface area contributed by atoms with Gasteiger partial charge in [-0.1, -0.05) is 30.3 Å². The molecule has 2 N–H and O–H groups in total. The summed E-state index contributed by atoms with van der Waals surface area (Å²) in [6, 6.07) is 11.0. The summed E-state index contributed by atoms with van der Waals surface area (Å²) in [7, 11) is -3.22. The highest BCUT2D eigenvalue weighted by atomic mass is 127. The predicted octanol–water partition coefficient (Wildman–Crippen LogP) is 2.42. The minimum atomic E-state index is -3.22. The van der Waals surface area contributed by atoms with E-state index in [9.17, 15) is 8.42 Å². The quantitative estimate of drug-likeness (QED) is 0.287. The number of halogens is 1. The molecule has 2 saturated heterocycles. The molecular weight excluding hydrogens is 527 g/mol. The molecule has 3 rings (SSSR count). The fourth-order valence-electron chi connectivity index (χ4n) is 4.32. The second-order valence-corrected chi connectivity index (χ2v) is 10.8. The molecule has 0 amide bonds. The van der Waals surface area contributed by atoms with E-state index in [-0.39, 0.29) is 30.5 Å². The lowest BCUT2D eigenvalue weighted by molar-refractivity contribution is 0.0768. The zero-order chi connectivity index (χ0) is 21.5. The number of benzene rings is 1. The van der Waals surface area contributed by atoms with E-state index < -0.39 is 14.6 Å². The van der Waals surface area contributed by atoms with Crippen LogP contribution in [-0.2, 0) is 21.1 Å². The predicted molar refractivity (Wildman–Crippen MR) is 137 cm³/mol. The Kier molecular flexibility index (Phi) is 10.5. The van der Waals surface area contributed by atoms with Gasteiger partial charge in [-0.15, -0.1) is 24.0 Å². The Morgan fingerprint density at radius 3 is 2.58 bits per heavy atom. The first kappa shape index (κ1) is 26.3. The van der Waals surface area contributed by atoms with Gasteiger partial charge in [-0.2, -0.15) is 0 Å². The van der Waals surface area contributed by atoms with Crippen LogP contribution in [0.5, 0.6) is 0 Å². The molecule has 0 aliphatic carbocycles. The molecular formula is C22H37IN4O3S. The van der Waals surface area contributed by atoms with Crippen molar-refractivity contribution in [2.45, 2.75) is 49.9 Å². The Labute approximate surface area is 204 Å². The van der Waals surface area contributed by atoms with Crippen molar-refractivity contribution in [3.05, 3.63) is 35.9 Å². The fourth-order valence-corrected chi connectivity index (χ4v) is 5.53. The molecule has 2 heterocycles. The molecule has 1 atom stereocenters. The lowest BCUT2D eigenvalue weighted by Crippen LogP contribution is -2.48. The van der Waals surface area contributed by atoms with Crippen LogP contribution in [0.4, 0.5) is 0 Å². The lowest BCUT2D eigenvalue weighted by atomic mass is 9.99. The normalized spacial score (nSPS) is 22.0. The van der Waals surface area contributed by atoms with E-state index in [4.69, 9.17) is 4.74 Å². The Bertz CT molecular complexity index is 798. The standard InChI is InChI=1S/C22H36N4O3S.HI/c1-3-23-21(25-18-22(30(2,27)28)11-14-29-15-12-22)24-16-20-10-7-13-26(20)17-19-8-5-4-6-9-19;/h4-6,8-9,20H,3,7,10-18H2,1-2H3,(H2,23,24,25);1H. The number of rotatable bonds is 8. The Morgan fingerprint density at radius 2 is 1.94 bits per heavy atom. The van der Waals surface area contributed by atoms with Crippen molar-refractivity contribution in [1.29, 1.82) is 0 Å². The number of ether oxygens (including phenoxy) is 1. The number of likely N-dealkylation sites (tertiary alicyclic amines) is 1. The summed E-state index contributed by atoms with van der Waals surface area (Å²) in [6.07, 6.45) is 4.69. The van der Waals surface area contributed by atoms with Gasteiger partial charge in [0.05, 0.1) is 11.3 Å². The lowest BCUT2D eigenvalue weighted by Gasteiger charge is -2.34. The maximum absolute atomic E-state index is 12.5. The van der Waals surface area contributed by atoms with E-state index in [1.54, 1.807) is 0 Å². The van der Waals surface area contributed by atoms with Crippen LogP contribution >= 0.6 is 24.0 Å². The molecule has 0 aromatic heterocycles. The highest BCUT2D eigenvalue weighted by Crippen LogP contribution is 2.29. The maximum Gasteiger partial charge on any atom is 0.191 e. The summed E-state index contributed by atoms with van der Waals surface area (Å²) in [4.78, 5) is 7.20. The Hall–Kier alpha value is -0.910. The Balaban J connectivity index is 0.00000341. The molecule has 1 aromatic carbocycles. The van der Waals surface area contributed by atoms with Crippen molar-refractivity contribution >= 4 is 39.8 Å². The van der Waals surface area contributed by atoms with Crippen LogP contribution in [-0.4, -0.2) is 75.7 Å². The first-order valence-electron chi connectivity index (χ1n) is 11.0. The van der Waals surface area contributed by atoms with Gasteiger partial charge in [-0.05, 0) is 44.7 Å². The molecule has 0 saturated carbocycles. The van der Waals surface area contributed by atoms with Crippen LogP contribution in [0.25, 0.3) is 0 Å². The molecule has 31 heavy (non-hydrogen) atoms. The molecule has 2 aliphatic rings. The van der Waals surface area contributed by atoms with E-state index in [2.05, 4.69) is 44.8 Å². The first-order chi connectivity index (χ1) is 14.4. The molecule has 0 spiro atoms. The molecule has 0 bridgehead atoms. The SMILES string of the molecule is CCNC(=NCC1(S(C)(=O)=O)CCOCC1)NCC1CCCN1Cc1ccccc1.I. The zero-order valence-corrected chi connectivity index (χ0v) is 21.8. The van der Waals surface area contributed by atoms with Crippen LogP contribution in [0.3, 0.4) is 0 Å². The molecule has 0 radical (unpaired) electrons. The van der Waals surface area contributed by atoms with Gasteiger partial charge in [0.25, 0.3) is 0 Å². The summed E-state index contributed by atoms with van der Waals surface area (Å²) < 4.78 is 29.6. The highest BCUT2D eigenvalue weighted by Gasteiger charge is 2.42. The van der Waals surface area contributed by atoms with Crippen LogP contribution in [0.1, 0.15) is 38.2 Å². The third kappa shape index (κ3) is 7.30. The molecule has 7 nitrogen and oxygen atoms in total. The fraction of sp³-hybridized carbons (Fsp3) is 0.682. The van der Waals surface area contributed by atoms with E-state index >= 15 is 0 Å². The second kappa shape index (κ2) is 12.4. The molecule has 1 aromatic rings. The number of nitrogens with zero attached hydrogens (tertiary/aromatic N) is 2. The van der Waals surface area contributed by atoms with Crippen LogP contribution in [0.2, 0.25) is 0 Å². The van der Waals surface area contributed by atoms with Gasteiger partial charge < -0.3 is 15.4 Å². The number of nitrogens with one attached hydrogen (secondary N) is 2. The average Bonchev–Trinajstić information content (AvgIpc) is 3.17. The van der Waals surface area contributed by atoms with E-state index in [1.807, 2.05) is 13.0 Å². The van der Waals surface area contributed by atoms with Crippen molar-refractivity contribution < 1.29 is 13.2 Å². The van der Waals surface area contributed by atoms with Crippen LogP contribution < -0.4 is 10.6 Å². The maximum atomic E-state index is 12.5. The number of hydrogen-bond donors (Lipinski definition) is 2. The summed E-state index contributed by atoms with van der Waals surface area (Å²) in [5.41, 5.74) is 1.33. The second-order valence-electron chi connectivity index (χ2n) is 8.40. The van der Waals surface area contributed by atoms with Crippen molar-refractivity contribution in [2.24, 2.45) is 4.99 Å². The summed E-state index contributed by atoms with van der Waals surface area (Å²) in [5, 5.41) is 6.73. The van der Waals surface area contributed by atoms with Gasteiger partial charge >= 0.3 is 0 Å². The summed E-state index contributed by atoms with van der Waals surface area (Å²) in [5.74, 6) is 0.693. The molecule has 9 heteroatoms.